The molecule has 0 unspecified atom stereocenters. The molecule has 0 radical (unpaired) electrons. The van der Waals surface area contributed by atoms with Gasteiger partial charge in [-0.05, 0) is 12.1 Å². The van der Waals surface area contributed by atoms with Crippen LogP contribution in [0.3, 0.4) is 0 Å². The third-order valence-corrected chi connectivity index (χ3v) is 4.54. The van der Waals surface area contributed by atoms with Crippen molar-refractivity contribution in [3.63, 3.8) is 0 Å². The van der Waals surface area contributed by atoms with E-state index < -0.39 is 5.97 Å². The zero-order valence-corrected chi connectivity index (χ0v) is 13.6. The number of hydrogen-bond donors (Lipinski definition) is 1. The molecule has 3 rings (SSSR count). The lowest BCUT2D eigenvalue weighted by Gasteiger charge is -2.33. The van der Waals surface area contributed by atoms with E-state index in [9.17, 15) is 9.59 Å². The van der Waals surface area contributed by atoms with Crippen molar-refractivity contribution < 1.29 is 14.7 Å². The summed E-state index contributed by atoms with van der Waals surface area (Å²) in [6.45, 7) is 2.32. The van der Waals surface area contributed by atoms with Gasteiger partial charge in [0.2, 0.25) is 0 Å². The highest BCUT2D eigenvalue weighted by Gasteiger charge is 2.22. The fourth-order valence-electron chi connectivity index (χ4n) is 2.33. The SMILES string of the molecule is O=C(O)c1csc(N2CCN(C(=O)C#Cc3ccccc3)CC2)n1. The second kappa shape index (κ2) is 7.15. The fourth-order valence-corrected chi connectivity index (χ4v) is 3.19. The maximum Gasteiger partial charge on any atom is 0.355 e. The van der Waals surface area contributed by atoms with Crippen molar-refractivity contribution in [3.8, 4) is 11.8 Å². The Morgan fingerprint density at radius 2 is 1.83 bits per heavy atom. The van der Waals surface area contributed by atoms with Gasteiger partial charge in [-0.25, -0.2) is 9.78 Å². The minimum Gasteiger partial charge on any atom is -0.476 e. The third-order valence-electron chi connectivity index (χ3n) is 3.64. The number of anilines is 1. The van der Waals surface area contributed by atoms with E-state index >= 15 is 0 Å². The Hall–Kier alpha value is -2.85. The number of nitrogens with zero attached hydrogens (tertiary/aromatic N) is 3. The van der Waals surface area contributed by atoms with Gasteiger partial charge in [-0.2, -0.15) is 0 Å². The molecule has 1 amide bonds. The normalized spacial score (nSPS) is 14.0. The lowest BCUT2D eigenvalue weighted by Crippen LogP contribution is -2.48. The number of thiazole rings is 1. The second-order valence-corrected chi connectivity index (χ2v) is 6.05. The molecule has 6 nitrogen and oxygen atoms in total. The third kappa shape index (κ3) is 3.73. The summed E-state index contributed by atoms with van der Waals surface area (Å²) in [5.74, 6) is 4.32. The van der Waals surface area contributed by atoms with Crippen molar-refractivity contribution in [1.29, 1.82) is 0 Å². The van der Waals surface area contributed by atoms with E-state index in [1.165, 1.54) is 16.7 Å². The maximum atomic E-state index is 12.2. The molecule has 0 atom stereocenters. The van der Waals surface area contributed by atoms with Crippen LogP contribution < -0.4 is 4.90 Å². The Balaban J connectivity index is 1.57. The first kappa shape index (κ1) is 16.0. The summed E-state index contributed by atoms with van der Waals surface area (Å²) in [5.41, 5.74) is 0.871. The van der Waals surface area contributed by atoms with Gasteiger partial charge in [-0.15, -0.1) is 11.3 Å². The average molecular weight is 341 g/mol. The molecule has 122 valence electrons. The molecule has 1 N–H and O–H groups in total. The first-order valence-corrected chi connectivity index (χ1v) is 8.31. The number of carboxylic acids is 1. The number of benzene rings is 1. The maximum absolute atomic E-state index is 12.2. The quantitative estimate of drug-likeness (QED) is 0.839. The molecule has 7 heteroatoms. The van der Waals surface area contributed by atoms with Crippen molar-refractivity contribution in [2.45, 2.75) is 0 Å². The van der Waals surface area contributed by atoms with E-state index in [-0.39, 0.29) is 11.6 Å². The van der Waals surface area contributed by atoms with Crippen molar-refractivity contribution >= 4 is 28.3 Å². The van der Waals surface area contributed by atoms with Crippen LogP contribution in [-0.4, -0.2) is 53.0 Å². The van der Waals surface area contributed by atoms with Gasteiger partial charge < -0.3 is 14.9 Å². The van der Waals surface area contributed by atoms with Crippen molar-refractivity contribution in [1.82, 2.24) is 9.88 Å². The number of carboxylic acid groups (broad SMARTS) is 1. The summed E-state index contributed by atoms with van der Waals surface area (Å²) in [6, 6.07) is 9.39. The first-order chi connectivity index (χ1) is 11.6. The molecule has 0 saturated carbocycles. The number of aromatic nitrogens is 1. The van der Waals surface area contributed by atoms with Crippen LogP contribution in [0.25, 0.3) is 0 Å². The Morgan fingerprint density at radius 1 is 1.12 bits per heavy atom. The van der Waals surface area contributed by atoms with E-state index in [0.29, 0.717) is 31.3 Å². The highest BCUT2D eigenvalue weighted by molar-refractivity contribution is 7.13. The standard InChI is InChI=1S/C17H15N3O3S/c21-15(7-6-13-4-2-1-3-5-13)19-8-10-20(11-9-19)17-18-14(12-24-17)16(22)23/h1-5,12H,8-11H2,(H,22,23). The van der Waals surface area contributed by atoms with Gasteiger partial charge in [0, 0.05) is 43.0 Å². The molecular weight excluding hydrogens is 326 g/mol. The van der Waals surface area contributed by atoms with Crippen LogP contribution in [-0.2, 0) is 4.79 Å². The molecule has 1 fully saturated rings. The largest absolute Gasteiger partial charge is 0.476 e. The smallest absolute Gasteiger partial charge is 0.355 e. The van der Waals surface area contributed by atoms with Crippen LogP contribution in [0, 0.1) is 11.8 Å². The number of aromatic carboxylic acids is 1. The number of amides is 1. The van der Waals surface area contributed by atoms with Gasteiger partial charge >= 0.3 is 5.97 Å². The minimum absolute atomic E-state index is 0.0576. The van der Waals surface area contributed by atoms with Gasteiger partial charge in [0.25, 0.3) is 5.91 Å². The zero-order chi connectivity index (χ0) is 16.9. The summed E-state index contributed by atoms with van der Waals surface area (Å²) in [5, 5.41) is 11.1. The lowest BCUT2D eigenvalue weighted by atomic mass is 10.2. The Bertz CT molecular complexity index is 799. The number of hydrogen-bond acceptors (Lipinski definition) is 5. The fraction of sp³-hybridized carbons (Fsp3) is 0.235. The van der Waals surface area contributed by atoms with Gasteiger partial charge in [0.15, 0.2) is 10.8 Å². The molecule has 1 aliphatic heterocycles. The number of carbonyl (C=O) groups is 2. The predicted molar refractivity (Wildman–Crippen MR) is 91.2 cm³/mol. The molecule has 24 heavy (non-hydrogen) atoms. The Labute approximate surface area is 143 Å². The molecule has 2 heterocycles. The topological polar surface area (TPSA) is 73.7 Å². The summed E-state index contributed by atoms with van der Waals surface area (Å²) in [4.78, 5) is 30.8. The number of carbonyl (C=O) groups excluding carboxylic acids is 1. The first-order valence-electron chi connectivity index (χ1n) is 7.43. The summed E-state index contributed by atoms with van der Waals surface area (Å²) < 4.78 is 0. The zero-order valence-electron chi connectivity index (χ0n) is 12.8. The number of piperazine rings is 1. The van der Waals surface area contributed by atoms with Crippen LogP contribution in [0.2, 0.25) is 0 Å². The Kier molecular flexibility index (Phi) is 4.77. The lowest BCUT2D eigenvalue weighted by molar-refractivity contribution is -0.125. The monoisotopic (exact) mass is 341 g/mol. The summed E-state index contributed by atoms with van der Waals surface area (Å²) in [7, 11) is 0. The van der Waals surface area contributed by atoms with Gasteiger partial charge in [0.05, 0.1) is 0 Å². The van der Waals surface area contributed by atoms with Crippen LogP contribution in [0.1, 0.15) is 16.1 Å². The predicted octanol–water partition coefficient (Wildman–Crippen LogP) is 1.54. The molecule has 0 bridgehead atoms. The van der Waals surface area contributed by atoms with Crippen molar-refractivity contribution in [2.75, 3.05) is 31.1 Å². The molecule has 1 aromatic heterocycles. The van der Waals surface area contributed by atoms with Gasteiger partial charge in [-0.3, -0.25) is 4.79 Å². The molecule has 1 aliphatic rings. The van der Waals surface area contributed by atoms with E-state index in [0.717, 1.165) is 5.56 Å². The second-order valence-electron chi connectivity index (χ2n) is 5.22. The average Bonchev–Trinajstić information content (AvgIpc) is 3.11. The molecule has 0 spiro atoms. The molecular formula is C17H15N3O3S. The highest BCUT2D eigenvalue weighted by Crippen LogP contribution is 2.21. The van der Waals surface area contributed by atoms with Crippen LogP contribution >= 0.6 is 11.3 Å². The summed E-state index contributed by atoms with van der Waals surface area (Å²) in [6.07, 6.45) is 0. The van der Waals surface area contributed by atoms with Gasteiger partial charge in [-0.1, -0.05) is 24.1 Å². The summed E-state index contributed by atoms with van der Waals surface area (Å²) >= 11 is 1.30. The molecule has 2 aromatic rings. The van der Waals surface area contributed by atoms with Crippen molar-refractivity contribution in [3.05, 3.63) is 47.0 Å². The molecule has 0 aliphatic carbocycles. The number of rotatable bonds is 2. The Morgan fingerprint density at radius 3 is 2.46 bits per heavy atom. The van der Waals surface area contributed by atoms with Crippen LogP contribution in [0.5, 0.6) is 0 Å². The van der Waals surface area contributed by atoms with E-state index in [1.54, 1.807) is 4.90 Å². The molecule has 1 saturated heterocycles. The van der Waals surface area contributed by atoms with E-state index in [1.807, 2.05) is 35.2 Å². The van der Waals surface area contributed by atoms with E-state index in [4.69, 9.17) is 5.11 Å². The van der Waals surface area contributed by atoms with Crippen LogP contribution in [0.15, 0.2) is 35.7 Å². The van der Waals surface area contributed by atoms with Gasteiger partial charge in [0.1, 0.15) is 0 Å². The minimum atomic E-state index is -1.03. The van der Waals surface area contributed by atoms with Crippen LogP contribution in [0.4, 0.5) is 5.13 Å². The molecule has 1 aromatic carbocycles. The highest BCUT2D eigenvalue weighted by atomic mass is 32.1. The van der Waals surface area contributed by atoms with Crippen molar-refractivity contribution in [2.24, 2.45) is 0 Å². The van der Waals surface area contributed by atoms with E-state index in [2.05, 4.69) is 16.8 Å².